The molecule has 0 aromatic heterocycles. The highest BCUT2D eigenvalue weighted by Gasteiger charge is 2.34. The van der Waals surface area contributed by atoms with Crippen LogP contribution < -0.4 is 0 Å². The fourth-order valence-electron chi connectivity index (χ4n) is 2.14. The summed E-state index contributed by atoms with van der Waals surface area (Å²) in [7, 11) is 0. The quantitative estimate of drug-likeness (QED) is 0.855. The maximum Gasteiger partial charge on any atom is 0.317 e. The number of hydrogen-bond donors (Lipinski definition) is 1. The normalized spacial score (nSPS) is 17.1. The Hall–Kier alpha value is -1.42. The molecule has 17 heavy (non-hydrogen) atoms. The number of carboxylic acids is 1. The Morgan fingerprint density at radius 1 is 1.53 bits per heavy atom. The summed E-state index contributed by atoms with van der Waals surface area (Å²) in [6, 6.07) is 6.65. The number of nitrogens with zero attached hydrogens (tertiary/aromatic N) is 1. The molecule has 0 heterocycles. The van der Waals surface area contributed by atoms with Gasteiger partial charge in [-0.1, -0.05) is 18.2 Å². The van der Waals surface area contributed by atoms with E-state index in [2.05, 4.69) is 0 Å². The molecule has 0 amide bonds. The van der Waals surface area contributed by atoms with Crippen LogP contribution in [0.3, 0.4) is 0 Å². The highest BCUT2D eigenvalue weighted by atomic mass is 19.1. The van der Waals surface area contributed by atoms with Crippen LogP contribution in [0.1, 0.15) is 31.4 Å². The van der Waals surface area contributed by atoms with Crippen LogP contribution in [0.15, 0.2) is 24.3 Å². The fourth-order valence-corrected chi connectivity index (χ4v) is 2.14. The maximum absolute atomic E-state index is 13.6. The molecular formula is C13H16FNO2. The molecule has 4 heteroatoms. The van der Waals surface area contributed by atoms with Gasteiger partial charge in [-0.3, -0.25) is 9.69 Å². The first-order valence-corrected chi connectivity index (χ1v) is 5.81. The minimum Gasteiger partial charge on any atom is -0.480 e. The smallest absolute Gasteiger partial charge is 0.317 e. The Kier molecular flexibility index (Phi) is 3.43. The number of hydrogen-bond acceptors (Lipinski definition) is 2. The van der Waals surface area contributed by atoms with E-state index in [9.17, 15) is 9.18 Å². The molecule has 1 aliphatic rings. The second-order valence-electron chi connectivity index (χ2n) is 4.49. The second kappa shape index (κ2) is 4.84. The topological polar surface area (TPSA) is 40.5 Å². The molecule has 3 nitrogen and oxygen atoms in total. The Morgan fingerprint density at radius 2 is 2.18 bits per heavy atom. The van der Waals surface area contributed by atoms with Gasteiger partial charge in [-0.25, -0.2) is 4.39 Å². The zero-order valence-corrected chi connectivity index (χ0v) is 9.77. The average Bonchev–Trinajstić information content (AvgIpc) is 3.09. The van der Waals surface area contributed by atoms with Crippen molar-refractivity contribution in [2.75, 3.05) is 6.54 Å². The third-order valence-corrected chi connectivity index (χ3v) is 3.19. The van der Waals surface area contributed by atoms with E-state index >= 15 is 0 Å². The highest BCUT2D eigenvalue weighted by molar-refractivity contribution is 5.69. The van der Waals surface area contributed by atoms with Crippen molar-refractivity contribution >= 4 is 5.97 Å². The Bertz CT molecular complexity index is 418. The average molecular weight is 237 g/mol. The molecule has 1 aliphatic carbocycles. The summed E-state index contributed by atoms with van der Waals surface area (Å²) in [5, 5.41) is 8.89. The van der Waals surface area contributed by atoms with Gasteiger partial charge in [-0.05, 0) is 25.8 Å². The summed E-state index contributed by atoms with van der Waals surface area (Å²) < 4.78 is 13.6. The molecule has 0 saturated heterocycles. The Labute approximate surface area is 99.9 Å². The first-order chi connectivity index (χ1) is 8.09. The number of carboxylic acid groups (broad SMARTS) is 1. The van der Waals surface area contributed by atoms with Crippen LogP contribution in [-0.4, -0.2) is 28.6 Å². The monoisotopic (exact) mass is 237 g/mol. The van der Waals surface area contributed by atoms with E-state index in [1.807, 2.05) is 11.8 Å². The van der Waals surface area contributed by atoms with Gasteiger partial charge >= 0.3 is 5.97 Å². The van der Waals surface area contributed by atoms with Crippen LogP contribution in [0.4, 0.5) is 4.39 Å². The number of rotatable bonds is 5. The number of carbonyl (C=O) groups is 1. The Morgan fingerprint density at radius 3 is 2.71 bits per heavy atom. The van der Waals surface area contributed by atoms with Gasteiger partial charge in [0.05, 0.1) is 6.54 Å². The molecule has 0 aliphatic heterocycles. The van der Waals surface area contributed by atoms with Gasteiger partial charge < -0.3 is 5.11 Å². The van der Waals surface area contributed by atoms with Crippen LogP contribution in [0.2, 0.25) is 0 Å². The number of benzene rings is 1. The standard InChI is InChI=1S/C13H16FNO2/c1-9(11-4-2-3-5-12(11)14)15(8-13(16)17)10-6-7-10/h2-5,9-10H,6-8H2,1H3,(H,16,17). The van der Waals surface area contributed by atoms with Crippen molar-refractivity contribution in [3.05, 3.63) is 35.6 Å². The zero-order valence-electron chi connectivity index (χ0n) is 9.77. The maximum atomic E-state index is 13.6. The first-order valence-electron chi connectivity index (χ1n) is 5.81. The number of halogens is 1. The predicted octanol–water partition coefficient (Wildman–Crippen LogP) is 2.44. The van der Waals surface area contributed by atoms with Crippen molar-refractivity contribution in [1.29, 1.82) is 0 Å². The van der Waals surface area contributed by atoms with Crippen molar-refractivity contribution in [3.8, 4) is 0 Å². The summed E-state index contributed by atoms with van der Waals surface area (Å²) in [5.41, 5.74) is 0.570. The summed E-state index contributed by atoms with van der Waals surface area (Å²) in [4.78, 5) is 12.7. The summed E-state index contributed by atoms with van der Waals surface area (Å²) in [6.07, 6.45) is 2.01. The molecule has 1 fully saturated rings. The van der Waals surface area contributed by atoms with Crippen molar-refractivity contribution in [1.82, 2.24) is 4.90 Å². The summed E-state index contributed by atoms with van der Waals surface area (Å²) >= 11 is 0. The van der Waals surface area contributed by atoms with Crippen molar-refractivity contribution in [2.45, 2.75) is 31.8 Å². The zero-order chi connectivity index (χ0) is 12.4. The number of aliphatic carboxylic acids is 1. The fraction of sp³-hybridized carbons (Fsp3) is 0.462. The van der Waals surface area contributed by atoms with Gasteiger partial charge in [0, 0.05) is 17.6 Å². The molecule has 0 spiro atoms. The van der Waals surface area contributed by atoms with E-state index in [0.29, 0.717) is 11.6 Å². The molecule has 1 aromatic carbocycles. The molecule has 1 saturated carbocycles. The van der Waals surface area contributed by atoms with Gasteiger partial charge in [0.25, 0.3) is 0 Å². The first kappa shape index (κ1) is 12.0. The minimum atomic E-state index is -0.861. The molecule has 2 rings (SSSR count). The van der Waals surface area contributed by atoms with Gasteiger partial charge in [0.1, 0.15) is 5.82 Å². The van der Waals surface area contributed by atoms with E-state index in [4.69, 9.17) is 5.11 Å². The third-order valence-electron chi connectivity index (χ3n) is 3.19. The molecule has 1 unspecified atom stereocenters. The van der Waals surface area contributed by atoms with E-state index < -0.39 is 5.97 Å². The van der Waals surface area contributed by atoms with Crippen molar-refractivity contribution < 1.29 is 14.3 Å². The molecule has 1 N–H and O–H groups in total. The van der Waals surface area contributed by atoms with E-state index in [1.165, 1.54) is 6.07 Å². The highest BCUT2D eigenvalue weighted by Crippen LogP contribution is 2.34. The SMILES string of the molecule is CC(c1ccccc1F)N(CC(=O)O)C1CC1. The lowest BCUT2D eigenvalue weighted by Gasteiger charge is -2.28. The second-order valence-corrected chi connectivity index (χ2v) is 4.49. The van der Waals surface area contributed by atoms with E-state index in [0.717, 1.165) is 12.8 Å². The van der Waals surface area contributed by atoms with Crippen molar-refractivity contribution in [2.24, 2.45) is 0 Å². The molecule has 92 valence electrons. The lowest BCUT2D eigenvalue weighted by atomic mass is 10.1. The van der Waals surface area contributed by atoms with Crippen LogP contribution in [0.25, 0.3) is 0 Å². The van der Waals surface area contributed by atoms with Crippen LogP contribution in [-0.2, 0) is 4.79 Å². The third kappa shape index (κ3) is 2.82. The molecular weight excluding hydrogens is 221 g/mol. The predicted molar refractivity (Wildman–Crippen MR) is 62.2 cm³/mol. The van der Waals surface area contributed by atoms with Gasteiger partial charge in [0.15, 0.2) is 0 Å². The van der Waals surface area contributed by atoms with Gasteiger partial charge in [-0.15, -0.1) is 0 Å². The molecule has 1 atom stereocenters. The van der Waals surface area contributed by atoms with Gasteiger partial charge in [0.2, 0.25) is 0 Å². The van der Waals surface area contributed by atoms with Crippen LogP contribution in [0.5, 0.6) is 0 Å². The molecule has 1 aromatic rings. The molecule has 0 bridgehead atoms. The Balaban J connectivity index is 2.18. The van der Waals surface area contributed by atoms with Crippen molar-refractivity contribution in [3.63, 3.8) is 0 Å². The summed E-state index contributed by atoms with van der Waals surface area (Å²) in [5.74, 6) is -1.13. The minimum absolute atomic E-state index is 0.0276. The van der Waals surface area contributed by atoms with E-state index in [1.54, 1.807) is 18.2 Å². The lowest BCUT2D eigenvalue weighted by Crippen LogP contribution is -2.34. The van der Waals surface area contributed by atoms with Crippen LogP contribution >= 0.6 is 0 Å². The summed E-state index contributed by atoms with van der Waals surface area (Å²) in [6.45, 7) is 1.83. The molecule has 0 radical (unpaired) electrons. The lowest BCUT2D eigenvalue weighted by molar-refractivity contribution is -0.139. The largest absolute Gasteiger partial charge is 0.480 e. The van der Waals surface area contributed by atoms with Crippen LogP contribution in [0, 0.1) is 5.82 Å². The van der Waals surface area contributed by atoms with Gasteiger partial charge in [-0.2, -0.15) is 0 Å². The van der Waals surface area contributed by atoms with E-state index in [-0.39, 0.29) is 18.4 Å².